The fourth-order valence-electron chi connectivity index (χ4n) is 2.33. The maximum atomic E-state index is 12.3. The van der Waals surface area contributed by atoms with E-state index in [1.54, 1.807) is 19.2 Å². The number of anilines is 1. The van der Waals surface area contributed by atoms with E-state index in [0.29, 0.717) is 23.7 Å². The van der Waals surface area contributed by atoms with Crippen LogP contribution in [0, 0.1) is 0 Å². The lowest BCUT2D eigenvalue weighted by atomic mass is 10.2. The van der Waals surface area contributed by atoms with Gasteiger partial charge in [0.05, 0.1) is 17.7 Å². The number of hydrogen-bond donors (Lipinski definition) is 1. The topological polar surface area (TPSA) is 41.6 Å². The number of nitrogens with zero attached hydrogens (tertiary/aromatic N) is 1. The van der Waals surface area contributed by atoms with Crippen molar-refractivity contribution in [3.8, 4) is 5.75 Å². The molecule has 0 aliphatic heterocycles. The number of benzene rings is 2. The molecule has 0 aliphatic rings. The summed E-state index contributed by atoms with van der Waals surface area (Å²) in [7, 11) is 1.65. The minimum atomic E-state index is -0.174. The first kappa shape index (κ1) is 18.6. The van der Waals surface area contributed by atoms with Crippen molar-refractivity contribution in [2.75, 3.05) is 31.6 Å². The molecule has 0 saturated heterocycles. The highest BCUT2D eigenvalue weighted by atomic mass is 79.9. The van der Waals surface area contributed by atoms with Crippen molar-refractivity contribution < 1.29 is 9.53 Å². The summed E-state index contributed by atoms with van der Waals surface area (Å²) in [5, 5.41) is 3.36. The van der Waals surface area contributed by atoms with E-state index < -0.39 is 0 Å². The van der Waals surface area contributed by atoms with Crippen LogP contribution in [0.5, 0.6) is 5.75 Å². The van der Waals surface area contributed by atoms with Gasteiger partial charge in [-0.25, -0.2) is 0 Å². The molecule has 0 atom stereocenters. The van der Waals surface area contributed by atoms with Gasteiger partial charge in [-0.15, -0.1) is 0 Å². The second kappa shape index (κ2) is 8.94. The van der Waals surface area contributed by atoms with Crippen LogP contribution in [-0.4, -0.2) is 32.7 Å². The Kier molecular flexibility index (Phi) is 6.94. The number of carbonyl (C=O) groups excluding carboxylic acids is 1. The third-order valence-electron chi connectivity index (χ3n) is 3.66. The Morgan fingerprint density at radius 1 is 1.25 bits per heavy atom. The number of carbonyl (C=O) groups is 1. The van der Waals surface area contributed by atoms with Gasteiger partial charge in [0.2, 0.25) is 0 Å². The highest BCUT2D eigenvalue weighted by molar-refractivity contribution is 9.10. The van der Waals surface area contributed by atoms with Crippen molar-refractivity contribution >= 4 is 39.1 Å². The van der Waals surface area contributed by atoms with E-state index >= 15 is 0 Å². The zero-order valence-electron chi connectivity index (χ0n) is 13.7. The predicted octanol–water partition coefficient (Wildman–Crippen LogP) is 4.37. The number of hydrogen-bond acceptors (Lipinski definition) is 3. The molecule has 0 saturated carbocycles. The maximum absolute atomic E-state index is 12.3. The second-order valence-electron chi connectivity index (χ2n) is 5.16. The third kappa shape index (κ3) is 4.89. The summed E-state index contributed by atoms with van der Waals surface area (Å²) in [5.74, 6) is 0.652. The van der Waals surface area contributed by atoms with Crippen LogP contribution in [0.25, 0.3) is 0 Å². The van der Waals surface area contributed by atoms with E-state index in [1.807, 2.05) is 30.3 Å². The van der Waals surface area contributed by atoms with Gasteiger partial charge >= 0.3 is 0 Å². The van der Waals surface area contributed by atoms with Gasteiger partial charge in [-0.1, -0.05) is 27.5 Å². The van der Waals surface area contributed by atoms with Crippen LogP contribution in [0.1, 0.15) is 17.3 Å². The SMILES string of the molecule is CCN(CCNC(=O)c1cc(Br)ccc1Cl)c1ccc(OC)cc1. The van der Waals surface area contributed by atoms with Crippen LogP contribution < -0.4 is 15.0 Å². The molecule has 1 N–H and O–H groups in total. The minimum Gasteiger partial charge on any atom is -0.497 e. The van der Waals surface area contributed by atoms with Gasteiger partial charge in [0, 0.05) is 29.8 Å². The Balaban J connectivity index is 1.93. The number of methoxy groups -OCH3 is 1. The van der Waals surface area contributed by atoms with Gasteiger partial charge in [-0.05, 0) is 49.4 Å². The number of ether oxygens (including phenoxy) is 1. The molecule has 0 fully saturated rings. The fourth-order valence-corrected chi connectivity index (χ4v) is 2.90. The Bertz CT molecular complexity index is 692. The average molecular weight is 412 g/mol. The molecule has 0 aromatic heterocycles. The van der Waals surface area contributed by atoms with Crippen LogP contribution in [0.3, 0.4) is 0 Å². The number of halogens is 2. The molecule has 0 aliphatic carbocycles. The highest BCUT2D eigenvalue weighted by Crippen LogP contribution is 2.21. The maximum Gasteiger partial charge on any atom is 0.252 e. The molecule has 4 nitrogen and oxygen atoms in total. The fraction of sp³-hybridized carbons (Fsp3) is 0.278. The van der Waals surface area contributed by atoms with Crippen molar-refractivity contribution in [3.63, 3.8) is 0 Å². The summed E-state index contributed by atoms with van der Waals surface area (Å²) in [4.78, 5) is 14.4. The first-order valence-corrected chi connectivity index (χ1v) is 8.84. The molecule has 0 bridgehead atoms. The minimum absolute atomic E-state index is 0.174. The van der Waals surface area contributed by atoms with E-state index in [2.05, 4.69) is 33.1 Å². The van der Waals surface area contributed by atoms with E-state index in [9.17, 15) is 4.79 Å². The summed E-state index contributed by atoms with van der Waals surface area (Å²) in [6.07, 6.45) is 0. The molecule has 128 valence electrons. The summed E-state index contributed by atoms with van der Waals surface area (Å²) in [5.41, 5.74) is 1.56. The second-order valence-corrected chi connectivity index (χ2v) is 6.48. The van der Waals surface area contributed by atoms with Crippen LogP contribution in [-0.2, 0) is 0 Å². The van der Waals surface area contributed by atoms with Crippen molar-refractivity contribution in [2.45, 2.75) is 6.92 Å². The van der Waals surface area contributed by atoms with E-state index in [-0.39, 0.29) is 5.91 Å². The van der Waals surface area contributed by atoms with E-state index in [1.165, 1.54) is 0 Å². The zero-order chi connectivity index (χ0) is 17.5. The molecule has 6 heteroatoms. The molecule has 24 heavy (non-hydrogen) atoms. The summed E-state index contributed by atoms with van der Waals surface area (Å²) >= 11 is 9.43. The van der Waals surface area contributed by atoms with Crippen LogP contribution >= 0.6 is 27.5 Å². The van der Waals surface area contributed by atoms with Gasteiger partial charge < -0.3 is 15.0 Å². The summed E-state index contributed by atoms with van der Waals surface area (Å²) in [6, 6.07) is 13.1. The normalized spacial score (nSPS) is 10.3. The lowest BCUT2D eigenvalue weighted by molar-refractivity contribution is 0.0954. The number of rotatable bonds is 7. The van der Waals surface area contributed by atoms with Crippen molar-refractivity contribution in [1.82, 2.24) is 5.32 Å². The summed E-state index contributed by atoms with van der Waals surface area (Å²) < 4.78 is 6.00. The van der Waals surface area contributed by atoms with E-state index in [0.717, 1.165) is 22.5 Å². The molecule has 0 unspecified atom stereocenters. The molecule has 0 spiro atoms. The lowest BCUT2D eigenvalue weighted by Gasteiger charge is -2.23. The van der Waals surface area contributed by atoms with Gasteiger partial charge in [0.15, 0.2) is 0 Å². The molecule has 2 aromatic carbocycles. The van der Waals surface area contributed by atoms with Gasteiger partial charge in [-0.2, -0.15) is 0 Å². The van der Waals surface area contributed by atoms with Gasteiger partial charge in [0.25, 0.3) is 5.91 Å². The van der Waals surface area contributed by atoms with Crippen molar-refractivity contribution in [3.05, 3.63) is 57.5 Å². The van der Waals surface area contributed by atoms with Gasteiger partial charge in [-0.3, -0.25) is 4.79 Å². The number of likely N-dealkylation sites (N-methyl/N-ethyl adjacent to an activating group) is 1. The monoisotopic (exact) mass is 410 g/mol. The number of nitrogens with one attached hydrogen (secondary N) is 1. The molecule has 2 aromatic rings. The smallest absolute Gasteiger partial charge is 0.252 e. The molecule has 0 heterocycles. The molecule has 1 amide bonds. The Labute approximate surface area is 155 Å². The largest absolute Gasteiger partial charge is 0.497 e. The van der Waals surface area contributed by atoms with Crippen LogP contribution in [0.4, 0.5) is 5.69 Å². The van der Waals surface area contributed by atoms with Crippen LogP contribution in [0.2, 0.25) is 5.02 Å². The molecule has 0 radical (unpaired) electrons. The lowest BCUT2D eigenvalue weighted by Crippen LogP contribution is -2.35. The zero-order valence-corrected chi connectivity index (χ0v) is 16.0. The Hall–Kier alpha value is -1.72. The standard InChI is InChI=1S/C18H20BrClN2O2/c1-3-22(14-5-7-15(24-2)8-6-14)11-10-21-18(23)16-12-13(19)4-9-17(16)20/h4-9,12H,3,10-11H2,1-2H3,(H,21,23). The summed E-state index contributed by atoms with van der Waals surface area (Å²) in [6.45, 7) is 4.17. The number of amides is 1. The van der Waals surface area contributed by atoms with E-state index in [4.69, 9.17) is 16.3 Å². The third-order valence-corrected chi connectivity index (χ3v) is 4.48. The van der Waals surface area contributed by atoms with Crippen LogP contribution in [0.15, 0.2) is 46.9 Å². The Morgan fingerprint density at radius 2 is 1.96 bits per heavy atom. The van der Waals surface area contributed by atoms with Crippen molar-refractivity contribution in [2.24, 2.45) is 0 Å². The average Bonchev–Trinajstić information content (AvgIpc) is 2.61. The highest BCUT2D eigenvalue weighted by Gasteiger charge is 2.11. The van der Waals surface area contributed by atoms with Crippen molar-refractivity contribution in [1.29, 1.82) is 0 Å². The van der Waals surface area contributed by atoms with Gasteiger partial charge in [0.1, 0.15) is 5.75 Å². The first-order chi connectivity index (χ1) is 11.5. The predicted molar refractivity (Wildman–Crippen MR) is 102 cm³/mol. The molecular weight excluding hydrogens is 392 g/mol. The Morgan fingerprint density at radius 3 is 2.58 bits per heavy atom. The molecular formula is C18H20BrClN2O2. The quantitative estimate of drug-likeness (QED) is 0.736. The first-order valence-electron chi connectivity index (χ1n) is 7.67. The molecule has 2 rings (SSSR count).